The zero-order valence-electron chi connectivity index (χ0n) is 16.2. The van der Waals surface area contributed by atoms with Crippen LogP contribution in [-0.4, -0.2) is 30.7 Å². The van der Waals surface area contributed by atoms with E-state index in [2.05, 4.69) is 44.8 Å². The monoisotopic (exact) mass is 412 g/mol. The van der Waals surface area contributed by atoms with Crippen molar-refractivity contribution in [2.45, 2.75) is 44.6 Å². The SMILES string of the molecule is Nc1nc2c(s1)C[C@@H](NCCC1CCN(c3cccc4sccc34)CC1)CC2. The lowest BCUT2D eigenvalue weighted by atomic mass is 9.92. The average Bonchev–Trinajstić information content (AvgIpc) is 3.33. The van der Waals surface area contributed by atoms with Crippen LogP contribution in [0.15, 0.2) is 29.6 Å². The van der Waals surface area contributed by atoms with E-state index in [1.54, 1.807) is 11.3 Å². The molecule has 3 heterocycles. The van der Waals surface area contributed by atoms with Crippen molar-refractivity contribution in [2.75, 3.05) is 30.3 Å². The maximum Gasteiger partial charge on any atom is 0.180 e. The van der Waals surface area contributed by atoms with Gasteiger partial charge in [-0.15, -0.1) is 22.7 Å². The standard InChI is InChI=1S/C22H28N4S2/c23-22-25-18-5-4-16(14-21(18)28-22)24-10-6-15-7-11-26(12-8-15)19-2-1-3-20-17(19)9-13-27-20/h1-3,9,13,15-16,24H,4-8,10-12,14H2,(H2,23,25)/t16-/m0/s1. The summed E-state index contributed by atoms with van der Waals surface area (Å²) >= 11 is 3.52. The van der Waals surface area contributed by atoms with Gasteiger partial charge in [-0.2, -0.15) is 0 Å². The van der Waals surface area contributed by atoms with E-state index in [1.807, 2.05) is 11.3 Å². The number of piperidine rings is 1. The molecule has 2 aromatic heterocycles. The summed E-state index contributed by atoms with van der Waals surface area (Å²) in [7, 11) is 0. The molecular formula is C22H28N4S2. The number of hydrogen-bond donors (Lipinski definition) is 2. The Balaban J connectivity index is 1.09. The minimum atomic E-state index is 0.601. The quantitative estimate of drug-likeness (QED) is 0.638. The van der Waals surface area contributed by atoms with Gasteiger partial charge in [0, 0.05) is 39.8 Å². The first-order valence-electron chi connectivity index (χ1n) is 10.4. The highest BCUT2D eigenvalue weighted by Gasteiger charge is 2.23. The van der Waals surface area contributed by atoms with Crippen molar-refractivity contribution in [3.8, 4) is 0 Å². The summed E-state index contributed by atoms with van der Waals surface area (Å²) < 4.78 is 1.40. The zero-order chi connectivity index (χ0) is 18.9. The second-order valence-electron chi connectivity index (χ2n) is 8.14. The minimum absolute atomic E-state index is 0.601. The molecule has 6 heteroatoms. The van der Waals surface area contributed by atoms with Crippen molar-refractivity contribution in [2.24, 2.45) is 5.92 Å². The number of benzene rings is 1. The fourth-order valence-corrected chi connectivity index (χ4v) is 6.54. The number of thiazole rings is 1. The fourth-order valence-electron chi connectivity index (χ4n) is 4.78. The number of aryl methyl sites for hydroxylation is 1. The highest BCUT2D eigenvalue weighted by atomic mass is 32.1. The number of fused-ring (bicyclic) bond motifs is 2. The van der Waals surface area contributed by atoms with Gasteiger partial charge in [0.1, 0.15) is 0 Å². The number of nitrogens with two attached hydrogens (primary N) is 1. The lowest BCUT2D eigenvalue weighted by molar-refractivity contribution is 0.356. The number of nitrogens with one attached hydrogen (secondary N) is 1. The molecule has 1 aromatic carbocycles. The molecule has 28 heavy (non-hydrogen) atoms. The first-order chi connectivity index (χ1) is 13.8. The van der Waals surface area contributed by atoms with Crippen LogP contribution in [0.25, 0.3) is 10.1 Å². The second kappa shape index (κ2) is 8.01. The molecule has 1 atom stereocenters. The van der Waals surface area contributed by atoms with Crippen LogP contribution < -0.4 is 16.0 Å². The second-order valence-corrected chi connectivity index (χ2v) is 10.2. The van der Waals surface area contributed by atoms with Gasteiger partial charge in [0.25, 0.3) is 0 Å². The van der Waals surface area contributed by atoms with Gasteiger partial charge < -0.3 is 16.0 Å². The molecule has 4 nitrogen and oxygen atoms in total. The molecule has 5 rings (SSSR count). The molecular weight excluding hydrogens is 384 g/mol. The smallest absolute Gasteiger partial charge is 0.180 e. The Hall–Kier alpha value is -1.63. The van der Waals surface area contributed by atoms with Gasteiger partial charge in [-0.05, 0) is 74.6 Å². The molecule has 3 N–H and O–H groups in total. The first-order valence-corrected chi connectivity index (χ1v) is 12.1. The number of hydrogen-bond acceptors (Lipinski definition) is 6. The summed E-state index contributed by atoms with van der Waals surface area (Å²) in [5.41, 5.74) is 8.53. The van der Waals surface area contributed by atoms with Crippen LogP contribution in [0.4, 0.5) is 10.8 Å². The summed E-state index contributed by atoms with van der Waals surface area (Å²) in [4.78, 5) is 8.44. The maximum atomic E-state index is 5.86. The lowest BCUT2D eigenvalue weighted by Gasteiger charge is -2.34. The molecule has 0 amide bonds. The third-order valence-corrected chi connectivity index (χ3v) is 8.20. The summed E-state index contributed by atoms with van der Waals surface area (Å²) in [6.45, 7) is 3.51. The highest BCUT2D eigenvalue weighted by Crippen LogP contribution is 2.33. The molecule has 1 fully saturated rings. The van der Waals surface area contributed by atoms with Crippen LogP contribution in [0.3, 0.4) is 0 Å². The van der Waals surface area contributed by atoms with Crippen molar-refractivity contribution in [1.29, 1.82) is 0 Å². The number of rotatable bonds is 5. The van der Waals surface area contributed by atoms with Crippen LogP contribution in [0.5, 0.6) is 0 Å². The van der Waals surface area contributed by atoms with E-state index in [9.17, 15) is 0 Å². The molecule has 0 saturated carbocycles. The number of nitrogen functional groups attached to an aromatic ring is 1. The van der Waals surface area contributed by atoms with Crippen LogP contribution >= 0.6 is 22.7 Å². The van der Waals surface area contributed by atoms with Crippen LogP contribution in [0, 0.1) is 5.92 Å². The largest absolute Gasteiger partial charge is 0.375 e. The van der Waals surface area contributed by atoms with E-state index in [0.717, 1.165) is 30.4 Å². The molecule has 1 saturated heterocycles. The van der Waals surface area contributed by atoms with Gasteiger partial charge in [0.15, 0.2) is 5.13 Å². The zero-order valence-corrected chi connectivity index (χ0v) is 17.8. The third kappa shape index (κ3) is 3.78. The van der Waals surface area contributed by atoms with E-state index in [0.29, 0.717) is 6.04 Å². The molecule has 1 aliphatic carbocycles. The summed E-state index contributed by atoms with van der Waals surface area (Å²) in [5, 5.41) is 8.17. The molecule has 148 valence electrons. The van der Waals surface area contributed by atoms with Crippen LogP contribution in [0.2, 0.25) is 0 Å². The molecule has 0 unspecified atom stereocenters. The van der Waals surface area contributed by atoms with E-state index in [-0.39, 0.29) is 0 Å². The Morgan fingerprint density at radius 1 is 1.18 bits per heavy atom. The Kier molecular flexibility index (Phi) is 5.26. The van der Waals surface area contributed by atoms with E-state index < -0.39 is 0 Å². The Morgan fingerprint density at radius 3 is 2.96 bits per heavy atom. The lowest BCUT2D eigenvalue weighted by Crippen LogP contribution is -2.37. The minimum Gasteiger partial charge on any atom is -0.375 e. The van der Waals surface area contributed by atoms with Gasteiger partial charge in [0.2, 0.25) is 0 Å². The van der Waals surface area contributed by atoms with Crippen molar-refractivity contribution in [1.82, 2.24) is 10.3 Å². The summed E-state index contributed by atoms with van der Waals surface area (Å²) in [5.74, 6) is 0.851. The Bertz CT molecular complexity index is 939. The summed E-state index contributed by atoms with van der Waals surface area (Å²) in [6.07, 6.45) is 7.29. The van der Waals surface area contributed by atoms with Crippen molar-refractivity contribution >= 4 is 43.6 Å². The summed E-state index contributed by atoms with van der Waals surface area (Å²) in [6, 6.07) is 9.61. The topological polar surface area (TPSA) is 54.2 Å². The predicted molar refractivity (Wildman–Crippen MR) is 122 cm³/mol. The number of nitrogens with zero attached hydrogens (tertiary/aromatic N) is 2. The maximum absolute atomic E-state index is 5.86. The van der Waals surface area contributed by atoms with Gasteiger partial charge in [-0.1, -0.05) is 6.07 Å². The molecule has 0 radical (unpaired) electrons. The van der Waals surface area contributed by atoms with Crippen LogP contribution in [-0.2, 0) is 12.8 Å². The molecule has 3 aromatic rings. The predicted octanol–water partition coefficient (Wildman–Crippen LogP) is 4.69. The van der Waals surface area contributed by atoms with Crippen molar-refractivity contribution in [3.05, 3.63) is 40.2 Å². The van der Waals surface area contributed by atoms with E-state index in [4.69, 9.17) is 5.73 Å². The molecule has 1 aliphatic heterocycles. The Morgan fingerprint density at radius 2 is 2.07 bits per heavy atom. The van der Waals surface area contributed by atoms with E-state index in [1.165, 1.54) is 65.1 Å². The first kappa shape index (κ1) is 18.4. The van der Waals surface area contributed by atoms with Crippen molar-refractivity contribution < 1.29 is 0 Å². The highest BCUT2D eigenvalue weighted by molar-refractivity contribution is 7.17. The van der Waals surface area contributed by atoms with Gasteiger partial charge in [0.05, 0.1) is 5.69 Å². The molecule has 2 aliphatic rings. The average molecular weight is 413 g/mol. The van der Waals surface area contributed by atoms with E-state index >= 15 is 0 Å². The molecule has 0 spiro atoms. The van der Waals surface area contributed by atoms with Crippen LogP contribution in [0.1, 0.15) is 36.3 Å². The van der Waals surface area contributed by atoms with Gasteiger partial charge in [-0.25, -0.2) is 4.98 Å². The van der Waals surface area contributed by atoms with Crippen molar-refractivity contribution in [3.63, 3.8) is 0 Å². The van der Waals surface area contributed by atoms with Gasteiger partial charge in [-0.3, -0.25) is 0 Å². The normalized spacial score (nSPS) is 20.6. The number of thiophene rings is 1. The molecule has 0 bridgehead atoms. The fraction of sp³-hybridized carbons (Fsp3) is 0.500. The third-order valence-electron chi connectivity index (χ3n) is 6.37. The number of anilines is 2. The van der Waals surface area contributed by atoms with Gasteiger partial charge >= 0.3 is 0 Å². The Labute approximate surface area is 174 Å². The number of aromatic nitrogens is 1.